The zero-order chi connectivity index (χ0) is 26.1. The fourth-order valence-corrected chi connectivity index (χ4v) is 4.19. The van der Waals surface area contributed by atoms with Crippen LogP contribution in [0.5, 0.6) is 5.88 Å². The molecule has 3 N–H and O–H groups in total. The van der Waals surface area contributed by atoms with E-state index in [-0.39, 0.29) is 33.7 Å². The average Bonchev–Trinajstić information content (AvgIpc) is 3.48. The molecule has 0 bridgehead atoms. The van der Waals surface area contributed by atoms with Gasteiger partial charge >= 0.3 is 0 Å². The second kappa shape index (κ2) is 9.70. The van der Waals surface area contributed by atoms with Crippen molar-refractivity contribution in [3.8, 4) is 11.7 Å². The Bertz CT molecular complexity index is 1650. The van der Waals surface area contributed by atoms with E-state index >= 15 is 0 Å². The number of benzene rings is 1. The summed E-state index contributed by atoms with van der Waals surface area (Å²) in [7, 11) is 1.43. The van der Waals surface area contributed by atoms with Gasteiger partial charge in [0.15, 0.2) is 5.82 Å². The number of ether oxygens (including phenoxy) is 1. The Hall–Kier alpha value is -4.77. The number of anilines is 1. The Morgan fingerprint density at radius 2 is 1.92 bits per heavy atom. The van der Waals surface area contributed by atoms with Crippen LogP contribution in [0.25, 0.3) is 16.7 Å². The number of aromatic nitrogens is 6. The molecule has 4 heterocycles. The predicted octanol–water partition coefficient (Wildman–Crippen LogP) is 3.38. The lowest BCUT2D eigenvalue weighted by Crippen LogP contribution is -2.22. The highest BCUT2D eigenvalue weighted by Crippen LogP contribution is 2.30. The van der Waals surface area contributed by atoms with Crippen LogP contribution in [-0.2, 0) is 6.54 Å². The molecule has 0 saturated heterocycles. The summed E-state index contributed by atoms with van der Waals surface area (Å²) in [4.78, 5) is 34.6. The highest BCUT2D eigenvalue weighted by molar-refractivity contribution is 6.32. The van der Waals surface area contributed by atoms with Gasteiger partial charge in [0.2, 0.25) is 5.88 Å². The van der Waals surface area contributed by atoms with Crippen molar-refractivity contribution in [1.82, 2.24) is 29.5 Å². The van der Waals surface area contributed by atoms with Crippen molar-refractivity contribution < 1.29 is 14.3 Å². The standard InChI is InChI=1S/C25H21ClN8O3/c1-14-10-15-12-33(13-16-6-3-4-8-28-16)32-22(15)20(23(27)35)21(14)30-25(36)18-11-19(37-2)31-34(18)24-17(26)7-5-9-29-24/h3-12H,13H2,1-2H3,(H2,27,35)(H,30,36). The van der Waals surface area contributed by atoms with Gasteiger partial charge in [0.1, 0.15) is 11.2 Å². The van der Waals surface area contributed by atoms with E-state index < -0.39 is 11.8 Å². The fraction of sp³-hybridized carbons (Fsp3) is 0.120. The number of carbonyl (C=O) groups excluding carboxylic acids is 2. The molecule has 0 fully saturated rings. The molecule has 0 aliphatic carbocycles. The lowest BCUT2D eigenvalue weighted by molar-refractivity contribution is 0.100. The summed E-state index contributed by atoms with van der Waals surface area (Å²) in [6.45, 7) is 2.17. The maximum Gasteiger partial charge on any atom is 0.274 e. The third-order valence-corrected chi connectivity index (χ3v) is 5.94. The van der Waals surface area contributed by atoms with Gasteiger partial charge in [-0.1, -0.05) is 17.7 Å². The summed E-state index contributed by atoms with van der Waals surface area (Å²) in [5.41, 5.74) is 8.00. The largest absolute Gasteiger partial charge is 0.480 e. The minimum absolute atomic E-state index is 0.0908. The van der Waals surface area contributed by atoms with Crippen LogP contribution in [0.1, 0.15) is 32.1 Å². The maximum absolute atomic E-state index is 13.5. The molecule has 37 heavy (non-hydrogen) atoms. The molecule has 12 heteroatoms. The summed E-state index contributed by atoms with van der Waals surface area (Å²) in [6.07, 6.45) is 5.03. The number of hydrogen-bond acceptors (Lipinski definition) is 7. The van der Waals surface area contributed by atoms with Crippen LogP contribution in [-0.4, -0.2) is 48.5 Å². The molecule has 1 aromatic carbocycles. The lowest BCUT2D eigenvalue weighted by Gasteiger charge is -2.13. The van der Waals surface area contributed by atoms with Crippen LogP contribution in [0.3, 0.4) is 0 Å². The van der Waals surface area contributed by atoms with E-state index in [2.05, 4.69) is 25.5 Å². The second-order valence-electron chi connectivity index (χ2n) is 8.14. The van der Waals surface area contributed by atoms with Gasteiger partial charge in [-0.15, -0.1) is 5.10 Å². The number of pyridine rings is 2. The van der Waals surface area contributed by atoms with Gasteiger partial charge in [0.05, 0.1) is 35.6 Å². The van der Waals surface area contributed by atoms with Crippen LogP contribution in [0, 0.1) is 6.92 Å². The Labute approximate surface area is 215 Å². The van der Waals surface area contributed by atoms with Crippen molar-refractivity contribution in [3.63, 3.8) is 0 Å². The van der Waals surface area contributed by atoms with Gasteiger partial charge < -0.3 is 15.8 Å². The van der Waals surface area contributed by atoms with E-state index in [0.29, 0.717) is 23.0 Å². The number of amides is 2. The molecule has 4 aromatic heterocycles. The van der Waals surface area contributed by atoms with Gasteiger partial charge in [-0.25, -0.2) is 9.67 Å². The van der Waals surface area contributed by atoms with Crippen molar-refractivity contribution in [1.29, 1.82) is 0 Å². The van der Waals surface area contributed by atoms with Gasteiger partial charge in [0, 0.05) is 30.0 Å². The van der Waals surface area contributed by atoms with E-state index in [4.69, 9.17) is 22.1 Å². The van der Waals surface area contributed by atoms with Crippen molar-refractivity contribution in [2.45, 2.75) is 13.5 Å². The number of carbonyl (C=O) groups is 2. The third kappa shape index (κ3) is 4.59. The first-order chi connectivity index (χ1) is 17.9. The van der Waals surface area contributed by atoms with E-state index in [9.17, 15) is 9.59 Å². The lowest BCUT2D eigenvalue weighted by atomic mass is 10.0. The fourth-order valence-electron chi connectivity index (χ4n) is 3.99. The number of halogens is 1. The highest BCUT2D eigenvalue weighted by atomic mass is 35.5. The number of primary amides is 1. The molecule has 0 spiro atoms. The number of methoxy groups -OCH3 is 1. The van der Waals surface area contributed by atoms with Crippen molar-refractivity contribution in [2.75, 3.05) is 12.4 Å². The van der Waals surface area contributed by atoms with E-state index in [1.54, 1.807) is 36.1 Å². The summed E-state index contributed by atoms with van der Waals surface area (Å²) in [6, 6.07) is 12.2. The van der Waals surface area contributed by atoms with Crippen molar-refractivity contribution in [3.05, 3.63) is 88.6 Å². The molecule has 0 atom stereocenters. The minimum Gasteiger partial charge on any atom is -0.480 e. The molecule has 11 nitrogen and oxygen atoms in total. The molecule has 5 rings (SSSR count). The van der Waals surface area contributed by atoms with E-state index in [1.165, 1.54) is 24.1 Å². The molecule has 0 radical (unpaired) electrons. The van der Waals surface area contributed by atoms with Crippen LogP contribution in [0.4, 0.5) is 5.69 Å². The average molecular weight is 517 g/mol. The van der Waals surface area contributed by atoms with Crippen LogP contribution in [0.2, 0.25) is 5.02 Å². The second-order valence-corrected chi connectivity index (χ2v) is 8.55. The quantitative estimate of drug-likeness (QED) is 0.337. The summed E-state index contributed by atoms with van der Waals surface area (Å²) in [5.74, 6) is -0.878. The summed E-state index contributed by atoms with van der Waals surface area (Å²) >= 11 is 6.29. The summed E-state index contributed by atoms with van der Waals surface area (Å²) < 4.78 is 8.17. The summed E-state index contributed by atoms with van der Waals surface area (Å²) in [5, 5.41) is 12.6. The normalized spacial score (nSPS) is 11.0. The monoisotopic (exact) mass is 516 g/mol. The Morgan fingerprint density at radius 1 is 1.11 bits per heavy atom. The zero-order valence-electron chi connectivity index (χ0n) is 19.8. The van der Waals surface area contributed by atoms with Crippen LogP contribution >= 0.6 is 11.6 Å². The van der Waals surface area contributed by atoms with Gasteiger partial charge in [0.25, 0.3) is 11.8 Å². The first-order valence-electron chi connectivity index (χ1n) is 11.1. The molecule has 2 amide bonds. The van der Waals surface area contributed by atoms with Gasteiger partial charge in [-0.05, 0) is 42.8 Å². The number of hydrogen-bond donors (Lipinski definition) is 2. The molecule has 5 aromatic rings. The van der Waals surface area contributed by atoms with Gasteiger partial charge in [-0.2, -0.15) is 5.10 Å². The van der Waals surface area contributed by atoms with Crippen molar-refractivity contribution in [2.24, 2.45) is 5.73 Å². The minimum atomic E-state index is -0.731. The number of aryl methyl sites for hydroxylation is 1. The molecule has 186 valence electrons. The molecular formula is C25H21ClN8O3. The molecule has 0 unspecified atom stereocenters. The van der Waals surface area contributed by atoms with Crippen LogP contribution in [0.15, 0.2) is 61.1 Å². The predicted molar refractivity (Wildman–Crippen MR) is 137 cm³/mol. The third-order valence-electron chi connectivity index (χ3n) is 5.65. The Kier molecular flexibility index (Phi) is 6.28. The first kappa shape index (κ1) is 23.9. The first-order valence-corrected chi connectivity index (χ1v) is 11.5. The smallest absolute Gasteiger partial charge is 0.274 e. The SMILES string of the molecule is COc1cc(C(=O)Nc2c(C)cc3cn(Cc4ccccn4)nc3c2C(N)=O)n(-c2ncccc2Cl)n1. The van der Waals surface area contributed by atoms with Crippen LogP contribution < -0.4 is 15.8 Å². The number of nitrogens with zero attached hydrogens (tertiary/aromatic N) is 6. The molecule has 0 aliphatic rings. The number of nitrogens with two attached hydrogens (primary N) is 1. The number of fused-ring (bicyclic) bond motifs is 1. The molecular weight excluding hydrogens is 496 g/mol. The van der Waals surface area contributed by atoms with Gasteiger partial charge in [-0.3, -0.25) is 19.3 Å². The zero-order valence-corrected chi connectivity index (χ0v) is 20.6. The van der Waals surface area contributed by atoms with Crippen molar-refractivity contribution >= 4 is 40.0 Å². The maximum atomic E-state index is 13.5. The highest BCUT2D eigenvalue weighted by Gasteiger charge is 2.24. The number of rotatable bonds is 7. The molecule has 0 aliphatic heterocycles. The topological polar surface area (TPSA) is 143 Å². The number of nitrogens with one attached hydrogen (secondary N) is 1. The Balaban J connectivity index is 1.56. The van der Waals surface area contributed by atoms with E-state index in [1.807, 2.05) is 24.3 Å². The van der Waals surface area contributed by atoms with E-state index in [0.717, 1.165) is 5.69 Å². The Morgan fingerprint density at radius 3 is 2.62 bits per heavy atom. The molecule has 0 saturated carbocycles.